The molecule has 5 rings (SSSR count). The Morgan fingerprint density at radius 2 is 2.25 bits per heavy atom. The molecule has 1 saturated heterocycles. The Balaban J connectivity index is 1.54. The summed E-state index contributed by atoms with van der Waals surface area (Å²) in [4.78, 5) is 18.0. The summed E-state index contributed by atoms with van der Waals surface area (Å²) in [6.07, 6.45) is 3.48. The van der Waals surface area contributed by atoms with Gasteiger partial charge in [-0.15, -0.1) is 5.10 Å². The Morgan fingerprint density at radius 1 is 1.43 bits per heavy atom. The maximum atomic E-state index is 11.9. The molecule has 1 saturated carbocycles. The predicted molar refractivity (Wildman–Crippen MR) is 101 cm³/mol. The van der Waals surface area contributed by atoms with E-state index in [1.807, 2.05) is 18.2 Å². The van der Waals surface area contributed by atoms with E-state index in [2.05, 4.69) is 25.6 Å². The Bertz CT molecular complexity index is 1060. The van der Waals surface area contributed by atoms with Crippen molar-refractivity contribution < 1.29 is 15.0 Å². The minimum absolute atomic E-state index is 0.113. The van der Waals surface area contributed by atoms with E-state index in [1.54, 1.807) is 22.5 Å². The lowest BCUT2D eigenvalue weighted by molar-refractivity contribution is -0.142. The molecule has 1 aliphatic carbocycles. The number of rotatable bonds is 5. The predicted octanol–water partition coefficient (Wildman–Crippen LogP) is 1.49. The zero-order chi connectivity index (χ0) is 19.5. The molecule has 2 atom stereocenters. The van der Waals surface area contributed by atoms with Crippen molar-refractivity contribution in [3.05, 3.63) is 30.1 Å². The van der Waals surface area contributed by atoms with Crippen LogP contribution in [0.2, 0.25) is 0 Å². The van der Waals surface area contributed by atoms with Crippen LogP contribution in [0.3, 0.4) is 0 Å². The van der Waals surface area contributed by atoms with E-state index in [0.29, 0.717) is 17.6 Å². The largest absolute Gasteiger partial charge is 0.480 e. The number of hydrogen-bond donors (Lipinski definition) is 4. The fourth-order valence-corrected chi connectivity index (χ4v) is 3.81. The van der Waals surface area contributed by atoms with Crippen molar-refractivity contribution in [2.75, 3.05) is 16.8 Å². The minimum Gasteiger partial charge on any atom is -0.480 e. The van der Waals surface area contributed by atoms with Crippen LogP contribution >= 0.6 is 0 Å². The number of fused-ring (bicyclic) bond motifs is 1. The number of carbonyl (C=O) groups is 1. The van der Waals surface area contributed by atoms with Gasteiger partial charge < -0.3 is 20.4 Å². The molecule has 0 aromatic carbocycles. The molecule has 0 unspecified atom stereocenters. The van der Waals surface area contributed by atoms with Crippen molar-refractivity contribution in [2.24, 2.45) is 0 Å². The molecular formula is C18H21N7O3. The van der Waals surface area contributed by atoms with Crippen molar-refractivity contribution >= 4 is 29.1 Å². The second-order valence-electron chi connectivity index (χ2n) is 7.75. The Labute approximate surface area is 160 Å². The fraction of sp³-hybridized carbons (Fsp3) is 0.444. The van der Waals surface area contributed by atoms with Gasteiger partial charge in [-0.25, -0.2) is 9.31 Å². The molecule has 2 fully saturated rings. The van der Waals surface area contributed by atoms with Crippen LogP contribution < -0.4 is 10.2 Å². The number of aromatic nitrogens is 5. The molecule has 1 aliphatic heterocycles. The number of aliphatic hydroxyl groups is 1. The van der Waals surface area contributed by atoms with Crippen LogP contribution in [0.5, 0.6) is 0 Å². The molecule has 2 aliphatic rings. The zero-order valence-electron chi connectivity index (χ0n) is 15.3. The monoisotopic (exact) mass is 383 g/mol. The van der Waals surface area contributed by atoms with Crippen LogP contribution in [-0.2, 0) is 4.79 Å². The first-order valence-corrected chi connectivity index (χ1v) is 9.31. The summed E-state index contributed by atoms with van der Waals surface area (Å²) >= 11 is 0. The lowest BCUT2D eigenvalue weighted by Crippen LogP contribution is -2.49. The van der Waals surface area contributed by atoms with Gasteiger partial charge in [-0.1, -0.05) is 0 Å². The number of carboxylic acid groups (broad SMARTS) is 1. The van der Waals surface area contributed by atoms with E-state index in [-0.39, 0.29) is 18.9 Å². The summed E-state index contributed by atoms with van der Waals surface area (Å²) in [7, 11) is 0. The number of anilines is 3. The molecule has 3 aromatic heterocycles. The molecule has 10 heteroatoms. The van der Waals surface area contributed by atoms with Crippen molar-refractivity contribution in [3.63, 3.8) is 0 Å². The van der Waals surface area contributed by atoms with Crippen molar-refractivity contribution in [1.82, 2.24) is 24.8 Å². The van der Waals surface area contributed by atoms with E-state index in [1.165, 1.54) is 12.8 Å². The van der Waals surface area contributed by atoms with Gasteiger partial charge in [0, 0.05) is 36.8 Å². The number of carboxylic acids is 1. The maximum absolute atomic E-state index is 11.9. The third-order valence-corrected chi connectivity index (χ3v) is 5.57. The summed E-state index contributed by atoms with van der Waals surface area (Å²) < 4.78 is 1.64. The molecule has 28 heavy (non-hydrogen) atoms. The first-order valence-electron chi connectivity index (χ1n) is 9.31. The summed E-state index contributed by atoms with van der Waals surface area (Å²) in [6, 6.07) is 5.68. The van der Waals surface area contributed by atoms with Gasteiger partial charge in [0.2, 0.25) is 5.95 Å². The number of β-amino-alcohol motifs (C(OH)–C–C–N with tert-alkyl or cyclic N) is 1. The average Bonchev–Trinajstić information content (AvgIpc) is 3.07. The second-order valence-corrected chi connectivity index (χ2v) is 7.75. The van der Waals surface area contributed by atoms with Gasteiger partial charge in [0.15, 0.2) is 11.6 Å². The Morgan fingerprint density at radius 3 is 3.00 bits per heavy atom. The van der Waals surface area contributed by atoms with Crippen molar-refractivity contribution in [2.45, 2.75) is 43.7 Å². The Hall–Kier alpha value is -3.14. The maximum Gasteiger partial charge on any atom is 0.329 e. The zero-order valence-corrected chi connectivity index (χ0v) is 15.3. The Kier molecular flexibility index (Phi) is 3.60. The number of nitrogens with one attached hydrogen (secondary N) is 2. The van der Waals surface area contributed by atoms with Crippen LogP contribution in [0, 0.1) is 0 Å². The number of nitrogens with zero attached hydrogens (tertiary/aromatic N) is 5. The van der Waals surface area contributed by atoms with Gasteiger partial charge >= 0.3 is 5.97 Å². The first-order chi connectivity index (χ1) is 13.4. The molecule has 3 aromatic rings. The minimum atomic E-state index is -1.27. The highest BCUT2D eigenvalue weighted by Gasteiger charge is 2.49. The normalized spacial score (nSPS) is 24.8. The van der Waals surface area contributed by atoms with E-state index < -0.39 is 17.6 Å². The second kappa shape index (κ2) is 5.93. The molecule has 0 amide bonds. The summed E-state index contributed by atoms with van der Waals surface area (Å²) in [5.41, 5.74) is 0.573. The topological polar surface area (TPSA) is 132 Å². The van der Waals surface area contributed by atoms with Gasteiger partial charge in [0.05, 0.1) is 6.10 Å². The van der Waals surface area contributed by atoms with Crippen LogP contribution in [0.15, 0.2) is 24.4 Å². The SMILES string of the molecule is C[C@@]1(C(=O)O)C[C@H](O)CN1c1nc(Nc2cc(C3CC3)[nH]n2)c2cccn2n1. The number of H-pyrrole nitrogens is 1. The molecule has 0 bridgehead atoms. The lowest BCUT2D eigenvalue weighted by atomic mass is 9.99. The van der Waals surface area contributed by atoms with E-state index in [9.17, 15) is 15.0 Å². The van der Waals surface area contributed by atoms with Gasteiger partial charge in [0.1, 0.15) is 11.1 Å². The summed E-state index contributed by atoms with van der Waals surface area (Å²) in [5.74, 6) is 0.955. The fourth-order valence-electron chi connectivity index (χ4n) is 3.81. The van der Waals surface area contributed by atoms with Crippen LogP contribution in [0.4, 0.5) is 17.6 Å². The molecule has 4 heterocycles. The van der Waals surface area contributed by atoms with Gasteiger partial charge in [0.25, 0.3) is 0 Å². The van der Waals surface area contributed by atoms with Crippen molar-refractivity contribution in [3.8, 4) is 0 Å². The van der Waals surface area contributed by atoms with E-state index in [0.717, 1.165) is 11.2 Å². The molecule has 10 nitrogen and oxygen atoms in total. The smallest absolute Gasteiger partial charge is 0.329 e. The van der Waals surface area contributed by atoms with Crippen LogP contribution in [-0.4, -0.2) is 59.2 Å². The van der Waals surface area contributed by atoms with Gasteiger partial charge in [-0.05, 0) is 31.9 Å². The quantitative estimate of drug-likeness (QED) is 0.521. The molecule has 0 spiro atoms. The third-order valence-electron chi connectivity index (χ3n) is 5.57. The van der Waals surface area contributed by atoms with Gasteiger partial charge in [-0.3, -0.25) is 5.10 Å². The number of hydrogen-bond acceptors (Lipinski definition) is 7. The molecule has 0 radical (unpaired) electrons. The molecule has 4 N–H and O–H groups in total. The van der Waals surface area contributed by atoms with E-state index in [4.69, 9.17) is 0 Å². The molecule has 146 valence electrons. The lowest BCUT2D eigenvalue weighted by Gasteiger charge is -2.30. The van der Waals surface area contributed by atoms with E-state index >= 15 is 0 Å². The number of aliphatic carboxylic acids is 1. The first kappa shape index (κ1) is 17.0. The van der Waals surface area contributed by atoms with Gasteiger partial charge in [-0.2, -0.15) is 10.1 Å². The highest BCUT2D eigenvalue weighted by atomic mass is 16.4. The highest BCUT2D eigenvalue weighted by molar-refractivity contribution is 5.84. The number of aromatic amines is 1. The summed E-state index contributed by atoms with van der Waals surface area (Å²) in [5, 5.41) is 34.8. The number of aliphatic hydroxyl groups excluding tert-OH is 1. The van der Waals surface area contributed by atoms with Crippen molar-refractivity contribution in [1.29, 1.82) is 0 Å². The standard InChI is InChI=1S/C18H21N7O3/c1-18(16(27)28)8-11(26)9-24(18)17-20-15(13-3-2-6-25(13)23-17)19-14-7-12(21-22-14)10-4-5-10/h2-3,6-7,10-11,26H,4-5,8-9H2,1H3,(H,27,28)(H2,19,20,21,22,23)/t11-,18-/m0/s1. The highest BCUT2D eigenvalue weighted by Crippen LogP contribution is 2.40. The average molecular weight is 383 g/mol. The summed E-state index contributed by atoms with van der Waals surface area (Å²) in [6.45, 7) is 1.74. The third kappa shape index (κ3) is 2.68. The van der Waals surface area contributed by atoms with Crippen LogP contribution in [0.1, 0.15) is 37.8 Å². The van der Waals surface area contributed by atoms with Crippen LogP contribution in [0.25, 0.3) is 5.52 Å². The molecular weight excluding hydrogens is 362 g/mol.